The molecule has 0 radical (unpaired) electrons. The van der Waals surface area contributed by atoms with E-state index in [9.17, 15) is 0 Å². The molecule has 0 saturated carbocycles. The van der Waals surface area contributed by atoms with Crippen LogP contribution in [0.15, 0.2) is 24.3 Å². The highest BCUT2D eigenvalue weighted by molar-refractivity contribution is 5.65. The van der Waals surface area contributed by atoms with Crippen molar-refractivity contribution in [2.24, 2.45) is 0 Å². The first-order chi connectivity index (χ1) is 8.65. The summed E-state index contributed by atoms with van der Waals surface area (Å²) in [6, 6.07) is 8.19. The fourth-order valence-corrected chi connectivity index (χ4v) is 1.95. The smallest absolute Gasteiger partial charge is 0.148 e. The van der Waals surface area contributed by atoms with Crippen LogP contribution in [0.3, 0.4) is 0 Å². The molecule has 0 aliphatic carbocycles. The standard InChI is InChI=1S/C14H19N3O/c1-9(2)11-7-10(5-6-13(11)18-4)12-8-14(15-3)17-16-12/h5-9H,1-4H3,(H2,15,16,17). The Hall–Kier alpha value is -1.97. The first-order valence-electron chi connectivity index (χ1n) is 6.07. The number of nitrogens with zero attached hydrogens (tertiary/aromatic N) is 1. The molecule has 0 bridgehead atoms. The normalized spacial score (nSPS) is 10.7. The summed E-state index contributed by atoms with van der Waals surface area (Å²) in [5.41, 5.74) is 3.33. The molecule has 1 aromatic carbocycles. The van der Waals surface area contributed by atoms with E-state index in [4.69, 9.17) is 4.74 Å². The molecule has 0 atom stereocenters. The van der Waals surface area contributed by atoms with Gasteiger partial charge in [0.15, 0.2) is 0 Å². The summed E-state index contributed by atoms with van der Waals surface area (Å²) in [7, 11) is 3.56. The van der Waals surface area contributed by atoms with E-state index in [-0.39, 0.29) is 0 Å². The molecule has 0 unspecified atom stereocenters. The van der Waals surface area contributed by atoms with Crippen LogP contribution >= 0.6 is 0 Å². The van der Waals surface area contributed by atoms with Crippen LogP contribution in [0, 0.1) is 0 Å². The molecule has 1 aromatic heterocycles. The van der Waals surface area contributed by atoms with E-state index in [1.165, 1.54) is 5.56 Å². The molecule has 0 amide bonds. The molecular formula is C14H19N3O. The summed E-state index contributed by atoms with van der Waals surface area (Å²) in [5, 5.41) is 10.2. The zero-order chi connectivity index (χ0) is 13.1. The molecule has 1 heterocycles. The van der Waals surface area contributed by atoms with Gasteiger partial charge in [-0.1, -0.05) is 13.8 Å². The summed E-state index contributed by atoms with van der Waals surface area (Å²) in [6.07, 6.45) is 0. The van der Waals surface area contributed by atoms with E-state index in [1.807, 2.05) is 25.2 Å². The first-order valence-corrected chi connectivity index (χ1v) is 6.07. The molecule has 2 N–H and O–H groups in total. The number of benzene rings is 1. The lowest BCUT2D eigenvalue weighted by atomic mass is 9.98. The van der Waals surface area contributed by atoms with Gasteiger partial charge in [0.25, 0.3) is 0 Å². The fourth-order valence-electron chi connectivity index (χ4n) is 1.95. The number of hydrogen-bond acceptors (Lipinski definition) is 3. The number of ether oxygens (including phenoxy) is 1. The van der Waals surface area contributed by atoms with Crippen molar-refractivity contribution in [3.8, 4) is 17.0 Å². The molecule has 0 spiro atoms. The van der Waals surface area contributed by atoms with Crippen molar-refractivity contribution in [2.75, 3.05) is 19.5 Å². The van der Waals surface area contributed by atoms with Crippen molar-refractivity contribution in [1.82, 2.24) is 10.2 Å². The number of H-pyrrole nitrogens is 1. The zero-order valence-electron chi connectivity index (χ0n) is 11.2. The molecule has 2 aromatic rings. The quantitative estimate of drug-likeness (QED) is 0.869. The molecule has 2 rings (SSSR count). The fraction of sp³-hybridized carbons (Fsp3) is 0.357. The topological polar surface area (TPSA) is 49.9 Å². The second-order valence-electron chi connectivity index (χ2n) is 4.53. The monoisotopic (exact) mass is 245 g/mol. The Bertz CT molecular complexity index is 532. The largest absolute Gasteiger partial charge is 0.496 e. The summed E-state index contributed by atoms with van der Waals surface area (Å²) < 4.78 is 5.39. The molecular weight excluding hydrogens is 226 g/mol. The Morgan fingerprint density at radius 2 is 2.06 bits per heavy atom. The maximum absolute atomic E-state index is 5.39. The minimum Gasteiger partial charge on any atom is -0.496 e. The summed E-state index contributed by atoms with van der Waals surface area (Å²) in [4.78, 5) is 0. The Morgan fingerprint density at radius 3 is 2.61 bits per heavy atom. The number of aromatic amines is 1. The molecule has 96 valence electrons. The van der Waals surface area contributed by atoms with Gasteiger partial charge in [-0.2, -0.15) is 5.10 Å². The zero-order valence-corrected chi connectivity index (χ0v) is 11.2. The van der Waals surface area contributed by atoms with Crippen LogP contribution in [0.5, 0.6) is 5.75 Å². The minimum atomic E-state index is 0.423. The lowest BCUT2D eigenvalue weighted by Crippen LogP contribution is -1.94. The maximum atomic E-state index is 5.39. The first kappa shape index (κ1) is 12.5. The Labute approximate surface area is 107 Å². The third kappa shape index (κ3) is 2.32. The van der Waals surface area contributed by atoms with Crippen molar-refractivity contribution in [1.29, 1.82) is 0 Å². The van der Waals surface area contributed by atoms with Gasteiger partial charge in [-0.3, -0.25) is 5.10 Å². The molecule has 4 heteroatoms. The van der Waals surface area contributed by atoms with Crippen molar-refractivity contribution < 1.29 is 4.74 Å². The third-order valence-electron chi connectivity index (χ3n) is 3.00. The van der Waals surface area contributed by atoms with Gasteiger partial charge in [-0.05, 0) is 29.7 Å². The van der Waals surface area contributed by atoms with Crippen molar-refractivity contribution in [2.45, 2.75) is 19.8 Å². The highest BCUT2D eigenvalue weighted by atomic mass is 16.5. The summed E-state index contributed by atoms with van der Waals surface area (Å²) in [6.45, 7) is 4.32. The van der Waals surface area contributed by atoms with E-state index >= 15 is 0 Å². The van der Waals surface area contributed by atoms with Crippen LogP contribution < -0.4 is 10.1 Å². The average Bonchev–Trinajstić information content (AvgIpc) is 2.86. The SMILES string of the molecule is CNc1cc(-c2ccc(OC)c(C(C)C)c2)[nH]n1. The van der Waals surface area contributed by atoms with E-state index in [1.54, 1.807) is 7.11 Å². The van der Waals surface area contributed by atoms with E-state index in [0.29, 0.717) is 5.92 Å². The number of methoxy groups -OCH3 is 1. The maximum Gasteiger partial charge on any atom is 0.148 e. The van der Waals surface area contributed by atoms with Gasteiger partial charge in [-0.15, -0.1) is 0 Å². The minimum absolute atomic E-state index is 0.423. The van der Waals surface area contributed by atoms with Crippen LogP contribution in [-0.2, 0) is 0 Å². The van der Waals surface area contributed by atoms with Crippen LogP contribution in [-0.4, -0.2) is 24.4 Å². The lowest BCUT2D eigenvalue weighted by Gasteiger charge is -2.12. The van der Waals surface area contributed by atoms with E-state index in [0.717, 1.165) is 22.8 Å². The van der Waals surface area contributed by atoms with E-state index in [2.05, 4.69) is 35.4 Å². The Morgan fingerprint density at radius 1 is 1.28 bits per heavy atom. The van der Waals surface area contributed by atoms with Gasteiger partial charge in [0, 0.05) is 18.7 Å². The molecule has 0 aliphatic heterocycles. The molecule has 0 aliphatic rings. The van der Waals surface area contributed by atoms with Gasteiger partial charge >= 0.3 is 0 Å². The molecule has 0 fully saturated rings. The predicted octanol–water partition coefficient (Wildman–Crippen LogP) is 3.25. The van der Waals surface area contributed by atoms with Gasteiger partial charge in [0.1, 0.15) is 11.6 Å². The molecule has 0 saturated heterocycles. The molecule has 4 nitrogen and oxygen atoms in total. The predicted molar refractivity (Wildman–Crippen MR) is 74.2 cm³/mol. The van der Waals surface area contributed by atoms with Crippen LogP contribution in [0.1, 0.15) is 25.3 Å². The van der Waals surface area contributed by atoms with Crippen molar-refractivity contribution in [3.63, 3.8) is 0 Å². The highest BCUT2D eigenvalue weighted by Gasteiger charge is 2.10. The van der Waals surface area contributed by atoms with Crippen molar-refractivity contribution in [3.05, 3.63) is 29.8 Å². The summed E-state index contributed by atoms with van der Waals surface area (Å²) >= 11 is 0. The van der Waals surface area contributed by atoms with Crippen LogP contribution in [0.25, 0.3) is 11.3 Å². The number of rotatable bonds is 4. The number of hydrogen-bond donors (Lipinski definition) is 2. The van der Waals surface area contributed by atoms with Gasteiger partial charge < -0.3 is 10.1 Å². The Balaban J connectivity index is 2.42. The van der Waals surface area contributed by atoms with Crippen LogP contribution in [0.4, 0.5) is 5.82 Å². The van der Waals surface area contributed by atoms with Gasteiger partial charge in [-0.25, -0.2) is 0 Å². The van der Waals surface area contributed by atoms with Gasteiger partial charge in [0.2, 0.25) is 0 Å². The summed E-state index contributed by atoms with van der Waals surface area (Å²) in [5.74, 6) is 2.20. The number of anilines is 1. The molecule has 18 heavy (non-hydrogen) atoms. The highest BCUT2D eigenvalue weighted by Crippen LogP contribution is 2.31. The second kappa shape index (κ2) is 5.12. The van der Waals surface area contributed by atoms with E-state index < -0.39 is 0 Å². The van der Waals surface area contributed by atoms with Crippen LogP contribution in [0.2, 0.25) is 0 Å². The van der Waals surface area contributed by atoms with Crippen molar-refractivity contribution >= 4 is 5.82 Å². The number of aromatic nitrogens is 2. The third-order valence-corrected chi connectivity index (χ3v) is 3.00. The average molecular weight is 245 g/mol. The second-order valence-corrected chi connectivity index (χ2v) is 4.53. The van der Waals surface area contributed by atoms with Gasteiger partial charge in [0.05, 0.1) is 12.8 Å². The lowest BCUT2D eigenvalue weighted by molar-refractivity contribution is 0.407. The Kier molecular flexibility index (Phi) is 3.55. The number of nitrogens with one attached hydrogen (secondary N) is 2.